The molecule has 0 aliphatic rings. The van der Waals surface area contributed by atoms with Crippen molar-refractivity contribution >= 4 is 11.8 Å². The summed E-state index contributed by atoms with van der Waals surface area (Å²) in [5.74, 6) is 0.611. The second-order valence-electron chi connectivity index (χ2n) is 7.43. The van der Waals surface area contributed by atoms with Crippen molar-refractivity contribution in [2.75, 3.05) is 13.7 Å². The van der Waals surface area contributed by atoms with E-state index in [4.69, 9.17) is 4.74 Å². The average molecular weight is 411 g/mol. The lowest BCUT2D eigenvalue weighted by molar-refractivity contribution is -0.141. The molecule has 0 aliphatic carbocycles. The van der Waals surface area contributed by atoms with Crippen molar-refractivity contribution in [3.8, 4) is 5.75 Å². The highest BCUT2D eigenvalue weighted by Crippen LogP contribution is 2.25. The van der Waals surface area contributed by atoms with Gasteiger partial charge in [0.25, 0.3) is 0 Å². The Morgan fingerprint density at radius 1 is 0.967 bits per heavy atom. The van der Waals surface area contributed by atoms with E-state index in [1.165, 1.54) is 0 Å². The molecule has 2 aromatic carbocycles. The normalized spacial score (nSPS) is 11.6. The molecular formula is C25H34N2O3. The van der Waals surface area contributed by atoms with Crippen LogP contribution in [0.15, 0.2) is 54.6 Å². The number of unbranched alkanes of at least 4 members (excludes halogenated alkanes) is 2. The number of carbonyl (C=O) groups excluding carboxylic acids is 2. The molecule has 30 heavy (non-hydrogen) atoms. The smallest absolute Gasteiger partial charge is 0.247 e. The number of hydrogen-bond acceptors (Lipinski definition) is 3. The number of nitrogens with zero attached hydrogens (tertiary/aromatic N) is 1. The van der Waals surface area contributed by atoms with Gasteiger partial charge in [-0.15, -0.1) is 0 Å². The molecule has 162 valence electrons. The molecule has 0 heterocycles. The first kappa shape index (κ1) is 23.5. The van der Waals surface area contributed by atoms with Crippen LogP contribution in [0.3, 0.4) is 0 Å². The Bertz CT molecular complexity index is 775. The second-order valence-corrected chi connectivity index (χ2v) is 7.43. The van der Waals surface area contributed by atoms with Crippen LogP contribution < -0.4 is 10.1 Å². The summed E-state index contributed by atoms with van der Waals surface area (Å²) >= 11 is 0. The SMILES string of the molecule is CCCCCNC(=O)[C@@H](c1ccccc1)N(Cc1ccc(OC)cc1)C(=O)CCC. The van der Waals surface area contributed by atoms with Crippen molar-refractivity contribution in [3.63, 3.8) is 0 Å². The fourth-order valence-electron chi connectivity index (χ4n) is 3.40. The molecular weight excluding hydrogens is 376 g/mol. The van der Waals surface area contributed by atoms with Gasteiger partial charge in [0.2, 0.25) is 11.8 Å². The van der Waals surface area contributed by atoms with Gasteiger partial charge in [0.15, 0.2) is 0 Å². The van der Waals surface area contributed by atoms with Crippen molar-refractivity contribution in [2.24, 2.45) is 0 Å². The zero-order valence-electron chi connectivity index (χ0n) is 18.4. The average Bonchev–Trinajstić information content (AvgIpc) is 2.77. The number of carbonyl (C=O) groups is 2. The number of ether oxygens (including phenoxy) is 1. The zero-order valence-corrected chi connectivity index (χ0v) is 18.4. The van der Waals surface area contributed by atoms with Gasteiger partial charge in [-0.05, 0) is 36.1 Å². The molecule has 0 saturated carbocycles. The van der Waals surface area contributed by atoms with E-state index in [1.54, 1.807) is 12.0 Å². The van der Waals surface area contributed by atoms with Crippen molar-refractivity contribution in [2.45, 2.75) is 58.5 Å². The van der Waals surface area contributed by atoms with Crippen molar-refractivity contribution in [1.82, 2.24) is 10.2 Å². The molecule has 1 atom stereocenters. The van der Waals surface area contributed by atoms with Crippen LogP contribution in [0.4, 0.5) is 0 Å². The fraction of sp³-hybridized carbons (Fsp3) is 0.440. The predicted octanol–water partition coefficient (Wildman–Crippen LogP) is 4.87. The highest BCUT2D eigenvalue weighted by atomic mass is 16.5. The fourth-order valence-corrected chi connectivity index (χ4v) is 3.40. The lowest BCUT2D eigenvalue weighted by Crippen LogP contribution is -2.43. The number of nitrogens with one attached hydrogen (secondary N) is 1. The second kappa shape index (κ2) is 12.7. The molecule has 0 unspecified atom stereocenters. The summed E-state index contributed by atoms with van der Waals surface area (Å²) in [6.07, 6.45) is 4.24. The van der Waals surface area contributed by atoms with Crippen LogP contribution in [0.25, 0.3) is 0 Å². The number of amides is 2. The summed E-state index contributed by atoms with van der Waals surface area (Å²) in [5, 5.41) is 3.04. The molecule has 0 saturated heterocycles. The van der Waals surface area contributed by atoms with Gasteiger partial charge < -0.3 is 15.0 Å². The molecule has 0 bridgehead atoms. The number of hydrogen-bond donors (Lipinski definition) is 1. The molecule has 0 aliphatic heterocycles. The minimum atomic E-state index is -0.658. The molecule has 0 spiro atoms. The molecule has 0 aromatic heterocycles. The molecule has 1 N–H and O–H groups in total. The third-order valence-electron chi connectivity index (χ3n) is 5.05. The van der Waals surface area contributed by atoms with Crippen molar-refractivity contribution in [3.05, 3.63) is 65.7 Å². The van der Waals surface area contributed by atoms with Crippen LogP contribution in [0.5, 0.6) is 5.75 Å². The maximum atomic E-state index is 13.2. The van der Waals surface area contributed by atoms with Crippen LogP contribution in [-0.4, -0.2) is 30.4 Å². The van der Waals surface area contributed by atoms with Gasteiger partial charge in [-0.1, -0.05) is 69.2 Å². The van der Waals surface area contributed by atoms with Crippen LogP contribution in [0.2, 0.25) is 0 Å². The largest absolute Gasteiger partial charge is 0.497 e. The van der Waals surface area contributed by atoms with E-state index in [-0.39, 0.29) is 11.8 Å². The highest BCUT2D eigenvalue weighted by molar-refractivity contribution is 5.88. The number of benzene rings is 2. The van der Waals surface area contributed by atoms with Gasteiger partial charge >= 0.3 is 0 Å². The van der Waals surface area contributed by atoms with Gasteiger partial charge in [0, 0.05) is 19.5 Å². The van der Waals surface area contributed by atoms with E-state index in [9.17, 15) is 9.59 Å². The first-order valence-electron chi connectivity index (χ1n) is 10.9. The Kier molecular flexibility index (Phi) is 9.92. The predicted molar refractivity (Wildman–Crippen MR) is 120 cm³/mol. The first-order valence-corrected chi connectivity index (χ1v) is 10.9. The molecule has 0 fully saturated rings. The van der Waals surface area contributed by atoms with E-state index in [0.717, 1.165) is 42.6 Å². The Morgan fingerprint density at radius 2 is 1.67 bits per heavy atom. The minimum Gasteiger partial charge on any atom is -0.497 e. The molecule has 0 radical (unpaired) electrons. The van der Waals surface area contributed by atoms with E-state index in [1.807, 2.05) is 61.5 Å². The standard InChI is InChI=1S/C25H34N2O3/c1-4-6-10-18-26-25(29)24(21-12-8-7-9-13-21)27(23(28)11-5-2)19-20-14-16-22(30-3)17-15-20/h7-9,12-17,24H,4-6,10-11,18-19H2,1-3H3,(H,26,29)/t24-/m1/s1. The monoisotopic (exact) mass is 410 g/mol. The third kappa shape index (κ3) is 6.90. The van der Waals surface area contributed by atoms with Crippen LogP contribution in [0, 0.1) is 0 Å². The highest BCUT2D eigenvalue weighted by Gasteiger charge is 2.30. The third-order valence-corrected chi connectivity index (χ3v) is 5.05. The summed E-state index contributed by atoms with van der Waals surface area (Å²) in [6, 6.07) is 16.5. The molecule has 2 amide bonds. The summed E-state index contributed by atoms with van der Waals surface area (Å²) < 4.78 is 5.23. The van der Waals surface area contributed by atoms with Gasteiger partial charge in [-0.25, -0.2) is 0 Å². The quantitative estimate of drug-likeness (QED) is 0.508. The topological polar surface area (TPSA) is 58.6 Å². The molecule has 5 heteroatoms. The maximum Gasteiger partial charge on any atom is 0.247 e. The first-order chi connectivity index (χ1) is 14.6. The molecule has 2 aromatic rings. The number of rotatable bonds is 12. The van der Waals surface area contributed by atoms with E-state index in [2.05, 4.69) is 12.2 Å². The molecule has 5 nitrogen and oxygen atoms in total. The van der Waals surface area contributed by atoms with Crippen LogP contribution in [0.1, 0.15) is 63.1 Å². The van der Waals surface area contributed by atoms with Gasteiger partial charge in [-0.3, -0.25) is 9.59 Å². The summed E-state index contributed by atoms with van der Waals surface area (Å²) in [5.41, 5.74) is 1.78. The van der Waals surface area contributed by atoms with E-state index in [0.29, 0.717) is 19.5 Å². The van der Waals surface area contributed by atoms with E-state index >= 15 is 0 Å². The van der Waals surface area contributed by atoms with Gasteiger partial charge in [-0.2, -0.15) is 0 Å². The Hall–Kier alpha value is -2.82. The lowest BCUT2D eigenvalue weighted by Gasteiger charge is -2.31. The maximum absolute atomic E-state index is 13.2. The summed E-state index contributed by atoms with van der Waals surface area (Å²) in [6.45, 7) is 5.10. The van der Waals surface area contributed by atoms with Crippen LogP contribution in [-0.2, 0) is 16.1 Å². The Labute approximate surface area is 180 Å². The summed E-state index contributed by atoms with van der Waals surface area (Å²) in [7, 11) is 1.63. The minimum absolute atomic E-state index is 0.0223. The van der Waals surface area contributed by atoms with Gasteiger partial charge in [0.1, 0.15) is 11.8 Å². The van der Waals surface area contributed by atoms with Crippen molar-refractivity contribution < 1.29 is 14.3 Å². The zero-order chi connectivity index (χ0) is 21.8. The van der Waals surface area contributed by atoms with Gasteiger partial charge in [0.05, 0.1) is 7.11 Å². The lowest BCUT2D eigenvalue weighted by atomic mass is 10.0. The Morgan fingerprint density at radius 3 is 2.27 bits per heavy atom. The van der Waals surface area contributed by atoms with E-state index < -0.39 is 6.04 Å². The van der Waals surface area contributed by atoms with Crippen molar-refractivity contribution in [1.29, 1.82) is 0 Å². The number of methoxy groups -OCH3 is 1. The summed E-state index contributed by atoms with van der Waals surface area (Å²) in [4.78, 5) is 28.0. The van der Waals surface area contributed by atoms with Crippen LogP contribution >= 0.6 is 0 Å². The molecule has 2 rings (SSSR count). The Balaban J connectivity index is 2.32.